The molecule has 0 radical (unpaired) electrons. The summed E-state index contributed by atoms with van der Waals surface area (Å²) in [6, 6.07) is 0. The summed E-state index contributed by atoms with van der Waals surface area (Å²) in [5.74, 6) is 0. The molecule has 0 aromatic rings. The molecular formula is C5H11N3O. The van der Waals surface area contributed by atoms with Crippen LogP contribution in [0.25, 0.3) is 10.4 Å². The highest BCUT2D eigenvalue weighted by Crippen LogP contribution is 1.80. The Bertz CT molecular complexity index is 98.4. The zero-order chi connectivity index (χ0) is 6.95. The van der Waals surface area contributed by atoms with Crippen LogP contribution in [0.1, 0.15) is 13.3 Å². The Hall–Kier alpha value is -0.730. The molecule has 0 heterocycles. The summed E-state index contributed by atoms with van der Waals surface area (Å²) in [6.45, 7) is 3.77. The van der Waals surface area contributed by atoms with E-state index in [1.165, 1.54) is 0 Å². The maximum Gasteiger partial charge on any atom is 0.0522 e. The third kappa shape index (κ3) is 7.27. The lowest BCUT2D eigenvalue weighted by atomic mass is 10.5. The molecular weight excluding hydrogens is 118 g/mol. The van der Waals surface area contributed by atoms with Gasteiger partial charge in [0.15, 0.2) is 0 Å². The minimum absolute atomic E-state index is 0.441. The maximum absolute atomic E-state index is 7.83. The molecule has 0 spiro atoms. The van der Waals surface area contributed by atoms with Gasteiger partial charge in [-0.3, -0.25) is 0 Å². The van der Waals surface area contributed by atoms with Crippen LogP contribution in [0, 0.1) is 0 Å². The molecule has 0 N–H and O–H groups in total. The third-order valence-corrected chi connectivity index (χ3v) is 0.747. The molecule has 0 aliphatic rings. The van der Waals surface area contributed by atoms with E-state index in [4.69, 9.17) is 10.3 Å². The van der Waals surface area contributed by atoms with Crippen LogP contribution in [0.4, 0.5) is 0 Å². The van der Waals surface area contributed by atoms with Crippen molar-refractivity contribution in [2.24, 2.45) is 5.11 Å². The first-order chi connectivity index (χ1) is 4.41. The molecule has 0 fully saturated rings. The van der Waals surface area contributed by atoms with Crippen molar-refractivity contribution >= 4 is 0 Å². The lowest BCUT2D eigenvalue weighted by molar-refractivity contribution is 0.142. The van der Waals surface area contributed by atoms with Gasteiger partial charge < -0.3 is 4.74 Å². The average Bonchev–Trinajstić information content (AvgIpc) is 1.89. The van der Waals surface area contributed by atoms with E-state index in [1.807, 2.05) is 6.92 Å². The predicted molar refractivity (Wildman–Crippen MR) is 35.1 cm³/mol. The van der Waals surface area contributed by atoms with Crippen molar-refractivity contribution < 1.29 is 4.74 Å². The summed E-state index contributed by atoms with van der Waals surface area (Å²) >= 11 is 0. The third-order valence-electron chi connectivity index (χ3n) is 0.747. The number of azide groups is 1. The summed E-state index contributed by atoms with van der Waals surface area (Å²) in [6.07, 6.45) is 1.01. The molecule has 0 saturated heterocycles. The fraction of sp³-hybridized carbons (Fsp3) is 1.00. The monoisotopic (exact) mass is 129 g/mol. The van der Waals surface area contributed by atoms with Crippen LogP contribution in [-0.4, -0.2) is 19.8 Å². The highest BCUT2D eigenvalue weighted by atomic mass is 16.5. The Labute approximate surface area is 54.4 Å². The Morgan fingerprint density at radius 1 is 1.56 bits per heavy atom. The first-order valence-corrected chi connectivity index (χ1v) is 3.00. The molecule has 0 rings (SSSR count). The van der Waals surface area contributed by atoms with Gasteiger partial charge in [0, 0.05) is 18.1 Å². The molecule has 9 heavy (non-hydrogen) atoms. The highest BCUT2D eigenvalue weighted by molar-refractivity contribution is 4.43. The second-order valence-corrected chi connectivity index (χ2v) is 1.57. The number of ether oxygens (including phenoxy) is 1. The van der Waals surface area contributed by atoms with Gasteiger partial charge in [-0.05, 0) is 12.0 Å². The van der Waals surface area contributed by atoms with Crippen LogP contribution in [0.2, 0.25) is 0 Å². The molecule has 0 amide bonds. The van der Waals surface area contributed by atoms with Crippen molar-refractivity contribution in [2.45, 2.75) is 13.3 Å². The molecule has 4 heteroatoms. The molecule has 52 valence electrons. The van der Waals surface area contributed by atoms with E-state index in [1.54, 1.807) is 0 Å². The SMILES string of the molecule is CCCOCCN=[N+]=[N-]. The van der Waals surface area contributed by atoms with E-state index < -0.39 is 0 Å². The normalized spacial score (nSPS) is 8.56. The first kappa shape index (κ1) is 8.27. The quantitative estimate of drug-likeness (QED) is 0.241. The van der Waals surface area contributed by atoms with Gasteiger partial charge in [0.05, 0.1) is 6.61 Å². The van der Waals surface area contributed by atoms with Gasteiger partial charge in [-0.15, -0.1) is 0 Å². The van der Waals surface area contributed by atoms with Crippen LogP contribution in [0.15, 0.2) is 5.11 Å². The van der Waals surface area contributed by atoms with Crippen LogP contribution in [-0.2, 0) is 4.74 Å². The van der Waals surface area contributed by atoms with Gasteiger partial charge in [0.1, 0.15) is 0 Å². The van der Waals surface area contributed by atoms with Crippen molar-refractivity contribution in [1.29, 1.82) is 0 Å². The number of hydrogen-bond acceptors (Lipinski definition) is 2. The van der Waals surface area contributed by atoms with Crippen molar-refractivity contribution in [3.8, 4) is 0 Å². The van der Waals surface area contributed by atoms with Gasteiger partial charge in [0.2, 0.25) is 0 Å². The second kappa shape index (κ2) is 7.27. The lowest BCUT2D eigenvalue weighted by Gasteiger charge is -1.95. The minimum atomic E-state index is 0.441. The van der Waals surface area contributed by atoms with Gasteiger partial charge in [-0.1, -0.05) is 12.0 Å². The Morgan fingerprint density at radius 2 is 2.33 bits per heavy atom. The van der Waals surface area contributed by atoms with Gasteiger partial charge >= 0.3 is 0 Å². The highest BCUT2D eigenvalue weighted by Gasteiger charge is 1.81. The van der Waals surface area contributed by atoms with E-state index in [-0.39, 0.29) is 0 Å². The predicted octanol–water partition coefficient (Wildman–Crippen LogP) is 1.72. The average molecular weight is 129 g/mol. The molecule has 0 aliphatic heterocycles. The Balaban J connectivity index is 2.82. The van der Waals surface area contributed by atoms with E-state index in [0.717, 1.165) is 13.0 Å². The first-order valence-electron chi connectivity index (χ1n) is 3.00. The molecule has 4 nitrogen and oxygen atoms in total. The maximum atomic E-state index is 7.83. The number of rotatable bonds is 5. The Kier molecular flexibility index (Phi) is 6.68. The molecule has 0 unspecified atom stereocenters. The zero-order valence-electron chi connectivity index (χ0n) is 5.58. The van der Waals surface area contributed by atoms with Crippen molar-refractivity contribution in [3.63, 3.8) is 0 Å². The molecule has 0 aromatic carbocycles. The van der Waals surface area contributed by atoms with Crippen molar-refractivity contribution in [3.05, 3.63) is 10.4 Å². The topological polar surface area (TPSA) is 58.0 Å². The number of nitrogens with zero attached hydrogens (tertiary/aromatic N) is 3. The summed E-state index contributed by atoms with van der Waals surface area (Å²) < 4.78 is 5.02. The van der Waals surface area contributed by atoms with Gasteiger partial charge in [-0.25, -0.2) is 0 Å². The van der Waals surface area contributed by atoms with Crippen molar-refractivity contribution in [2.75, 3.05) is 19.8 Å². The van der Waals surface area contributed by atoms with Gasteiger partial charge in [-0.2, -0.15) is 0 Å². The molecule has 0 aliphatic carbocycles. The van der Waals surface area contributed by atoms with Gasteiger partial charge in [0.25, 0.3) is 0 Å². The largest absolute Gasteiger partial charge is 0.381 e. The smallest absolute Gasteiger partial charge is 0.0522 e. The van der Waals surface area contributed by atoms with Crippen LogP contribution >= 0.6 is 0 Å². The summed E-state index contributed by atoms with van der Waals surface area (Å²) in [5, 5.41) is 3.30. The summed E-state index contributed by atoms with van der Waals surface area (Å²) in [5.41, 5.74) is 7.83. The van der Waals surface area contributed by atoms with E-state index in [9.17, 15) is 0 Å². The fourth-order valence-electron chi connectivity index (χ4n) is 0.396. The van der Waals surface area contributed by atoms with E-state index in [0.29, 0.717) is 13.2 Å². The summed E-state index contributed by atoms with van der Waals surface area (Å²) in [4.78, 5) is 2.58. The van der Waals surface area contributed by atoms with Crippen LogP contribution in [0.5, 0.6) is 0 Å². The lowest BCUT2D eigenvalue weighted by Crippen LogP contribution is -1.97. The van der Waals surface area contributed by atoms with Crippen LogP contribution in [0.3, 0.4) is 0 Å². The van der Waals surface area contributed by atoms with Crippen molar-refractivity contribution in [1.82, 2.24) is 0 Å². The molecule has 0 saturated carbocycles. The van der Waals surface area contributed by atoms with E-state index >= 15 is 0 Å². The fourth-order valence-corrected chi connectivity index (χ4v) is 0.396. The molecule has 0 atom stereocenters. The zero-order valence-corrected chi connectivity index (χ0v) is 5.58. The second-order valence-electron chi connectivity index (χ2n) is 1.57. The summed E-state index contributed by atoms with van der Waals surface area (Å²) in [7, 11) is 0. The molecule has 0 aromatic heterocycles. The standard InChI is InChI=1S/C5H11N3O/c1-2-4-9-5-3-7-8-6/h2-5H2,1H3. The Morgan fingerprint density at radius 3 is 2.89 bits per heavy atom. The number of hydrogen-bond donors (Lipinski definition) is 0. The minimum Gasteiger partial charge on any atom is -0.381 e. The van der Waals surface area contributed by atoms with E-state index in [2.05, 4.69) is 10.0 Å². The van der Waals surface area contributed by atoms with Crippen LogP contribution < -0.4 is 0 Å². The molecule has 0 bridgehead atoms.